The number of phenols is 1. The molecule has 0 amide bonds. The Labute approximate surface area is 155 Å². The number of nitrogens with two attached hydrogens (primary N) is 1. The van der Waals surface area contributed by atoms with Crippen LogP contribution in [0.1, 0.15) is 17.7 Å². The first-order chi connectivity index (χ1) is 13.2. The van der Waals surface area contributed by atoms with E-state index in [-0.39, 0.29) is 5.75 Å². The number of benzene rings is 1. The van der Waals surface area contributed by atoms with Crippen LogP contribution in [0.4, 0.5) is 0 Å². The van der Waals surface area contributed by atoms with E-state index in [0.717, 1.165) is 24.2 Å². The molecule has 0 aliphatic heterocycles. The van der Waals surface area contributed by atoms with Gasteiger partial charge >= 0.3 is 0 Å². The normalized spacial score (nSPS) is 11.0. The van der Waals surface area contributed by atoms with E-state index in [4.69, 9.17) is 10.2 Å². The van der Waals surface area contributed by atoms with E-state index in [1.165, 1.54) is 0 Å². The van der Waals surface area contributed by atoms with Gasteiger partial charge in [0.25, 0.3) is 0 Å². The summed E-state index contributed by atoms with van der Waals surface area (Å²) in [7, 11) is 0. The summed E-state index contributed by atoms with van der Waals surface area (Å²) in [5, 5.41) is 27.1. The van der Waals surface area contributed by atoms with E-state index in [9.17, 15) is 10.4 Å². The maximum absolute atomic E-state index is 9.89. The SMILES string of the molecule is N#Cc1c(-c2ccc(O)cc2)nc2[nH]ncc2c1-c1ccc(CCCN)o1. The Hall–Kier alpha value is -3.63. The van der Waals surface area contributed by atoms with Crippen LogP contribution in [0.15, 0.2) is 47.0 Å². The summed E-state index contributed by atoms with van der Waals surface area (Å²) >= 11 is 0. The molecule has 0 aliphatic rings. The first kappa shape index (κ1) is 16.8. The van der Waals surface area contributed by atoms with Crippen LogP contribution in [0.5, 0.6) is 5.75 Å². The summed E-state index contributed by atoms with van der Waals surface area (Å²) in [4.78, 5) is 4.57. The van der Waals surface area contributed by atoms with E-state index >= 15 is 0 Å². The second kappa shape index (κ2) is 6.94. The number of phenolic OH excluding ortho intramolecular Hbond substituents is 1. The number of H-pyrrole nitrogens is 1. The van der Waals surface area contributed by atoms with Crippen molar-refractivity contribution in [1.29, 1.82) is 5.26 Å². The van der Waals surface area contributed by atoms with E-state index < -0.39 is 0 Å². The van der Waals surface area contributed by atoms with Crippen LogP contribution in [0.2, 0.25) is 0 Å². The molecule has 0 saturated heterocycles. The topological polar surface area (TPSA) is 125 Å². The second-order valence-electron chi connectivity index (χ2n) is 6.16. The van der Waals surface area contributed by atoms with Gasteiger partial charge in [0.15, 0.2) is 5.65 Å². The third-order valence-corrected chi connectivity index (χ3v) is 4.39. The molecular weight excluding hydrogens is 342 g/mol. The number of pyridine rings is 1. The Balaban J connectivity index is 1.93. The summed E-state index contributed by atoms with van der Waals surface area (Å²) in [6, 6.07) is 12.6. The Bertz CT molecular complexity index is 1140. The average Bonchev–Trinajstić information content (AvgIpc) is 3.34. The van der Waals surface area contributed by atoms with Gasteiger partial charge in [0, 0.05) is 17.5 Å². The van der Waals surface area contributed by atoms with Gasteiger partial charge in [-0.15, -0.1) is 0 Å². The molecule has 0 aliphatic carbocycles. The lowest BCUT2D eigenvalue weighted by Gasteiger charge is -2.09. The van der Waals surface area contributed by atoms with Crippen LogP contribution in [0, 0.1) is 11.3 Å². The van der Waals surface area contributed by atoms with Crippen LogP contribution >= 0.6 is 0 Å². The Morgan fingerprint density at radius 2 is 2.00 bits per heavy atom. The summed E-state index contributed by atoms with van der Waals surface area (Å²) in [5.41, 5.74) is 8.41. The standard InChI is InChI=1S/C20H17N5O2/c21-9-1-2-14-7-8-17(27-14)18-15(10-22)19(12-3-5-13(26)6-4-12)24-20-16(18)11-23-25-20/h3-8,11,26H,1-2,9,21H2,(H,23,24,25). The van der Waals surface area contributed by atoms with E-state index in [2.05, 4.69) is 21.3 Å². The molecular formula is C20H17N5O2. The second-order valence-corrected chi connectivity index (χ2v) is 6.16. The van der Waals surface area contributed by atoms with E-state index in [0.29, 0.717) is 40.2 Å². The minimum Gasteiger partial charge on any atom is -0.508 e. The van der Waals surface area contributed by atoms with Crippen molar-refractivity contribution in [2.24, 2.45) is 5.73 Å². The highest BCUT2D eigenvalue weighted by Gasteiger charge is 2.21. The number of aromatic nitrogens is 3. The number of hydrogen-bond donors (Lipinski definition) is 3. The third-order valence-electron chi connectivity index (χ3n) is 4.39. The molecule has 0 atom stereocenters. The highest BCUT2D eigenvalue weighted by Crippen LogP contribution is 2.37. The van der Waals surface area contributed by atoms with Crippen LogP contribution in [0.25, 0.3) is 33.6 Å². The molecule has 3 heterocycles. The highest BCUT2D eigenvalue weighted by atomic mass is 16.3. The fraction of sp³-hybridized carbons (Fsp3) is 0.150. The number of nitrogens with one attached hydrogen (secondary N) is 1. The Kier molecular flexibility index (Phi) is 4.32. The number of fused-ring (bicyclic) bond motifs is 1. The molecule has 0 saturated carbocycles. The van der Waals surface area contributed by atoms with Gasteiger partial charge in [-0.05, 0) is 49.4 Å². The van der Waals surface area contributed by atoms with Crippen LogP contribution in [0.3, 0.4) is 0 Å². The largest absolute Gasteiger partial charge is 0.508 e. The van der Waals surface area contributed by atoms with Crippen molar-refractivity contribution in [3.05, 3.63) is 53.9 Å². The lowest BCUT2D eigenvalue weighted by molar-refractivity contribution is 0.475. The van der Waals surface area contributed by atoms with Gasteiger partial charge in [-0.1, -0.05) is 0 Å². The van der Waals surface area contributed by atoms with Crippen LogP contribution in [-0.2, 0) is 6.42 Å². The predicted octanol–water partition coefficient (Wildman–Crippen LogP) is 3.35. The van der Waals surface area contributed by atoms with Crippen molar-refractivity contribution in [2.45, 2.75) is 12.8 Å². The molecule has 0 unspecified atom stereocenters. The van der Waals surface area contributed by atoms with Gasteiger partial charge in [0.1, 0.15) is 23.3 Å². The number of furan rings is 1. The minimum absolute atomic E-state index is 0.149. The molecule has 7 nitrogen and oxygen atoms in total. The van der Waals surface area contributed by atoms with Crippen molar-refractivity contribution in [3.63, 3.8) is 0 Å². The van der Waals surface area contributed by atoms with Crippen molar-refractivity contribution < 1.29 is 9.52 Å². The Morgan fingerprint density at radius 1 is 1.19 bits per heavy atom. The summed E-state index contributed by atoms with van der Waals surface area (Å²) in [5.74, 6) is 1.56. The predicted molar refractivity (Wildman–Crippen MR) is 101 cm³/mol. The fourth-order valence-electron chi connectivity index (χ4n) is 3.08. The highest BCUT2D eigenvalue weighted by molar-refractivity contribution is 5.97. The number of aryl methyl sites for hydroxylation is 1. The maximum atomic E-state index is 9.89. The molecule has 4 rings (SSSR count). The summed E-state index contributed by atoms with van der Waals surface area (Å²) in [6.07, 6.45) is 3.21. The first-order valence-electron chi connectivity index (χ1n) is 8.57. The lowest BCUT2D eigenvalue weighted by atomic mass is 9.98. The molecule has 0 bridgehead atoms. The molecule has 27 heavy (non-hydrogen) atoms. The number of nitrogens with zero attached hydrogens (tertiary/aromatic N) is 3. The van der Waals surface area contributed by atoms with Gasteiger partial charge in [-0.2, -0.15) is 10.4 Å². The molecule has 3 aromatic heterocycles. The van der Waals surface area contributed by atoms with Gasteiger partial charge in [0.05, 0.1) is 22.8 Å². The number of aromatic hydroxyl groups is 1. The van der Waals surface area contributed by atoms with Gasteiger partial charge in [-0.3, -0.25) is 5.10 Å². The molecule has 4 aromatic rings. The van der Waals surface area contributed by atoms with Gasteiger partial charge < -0.3 is 15.3 Å². The van der Waals surface area contributed by atoms with Crippen molar-refractivity contribution in [3.8, 4) is 34.4 Å². The molecule has 0 radical (unpaired) electrons. The maximum Gasteiger partial charge on any atom is 0.156 e. The Morgan fingerprint density at radius 3 is 2.74 bits per heavy atom. The zero-order valence-corrected chi connectivity index (χ0v) is 14.4. The average molecular weight is 359 g/mol. The van der Waals surface area contributed by atoms with E-state index in [1.54, 1.807) is 30.5 Å². The zero-order valence-electron chi connectivity index (χ0n) is 14.4. The third kappa shape index (κ3) is 3.03. The molecule has 0 spiro atoms. The smallest absolute Gasteiger partial charge is 0.156 e. The van der Waals surface area contributed by atoms with Gasteiger partial charge in [-0.25, -0.2) is 4.98 Å². The number of nitriles is 1. The van der Waals surface area contributed by atoms with Crippen molar-refractivity contribution >= 4 is 11.0 Å². The van der Waals surface area contributed by atoms with E-state index in [1.807, 2.05) is 12.1 Å². The molecule has 1 aromatic carbocycles. The molecule has 4 N–H and O–H groups in total. The fourth-order valence-corrected chi connectivity index (χ4v) is 3.08. The van der Waals surface area contributed by atoms with Crippen LogP contribution < -0.4 is 5.73 Å². The summed E-state index contributed by atoms with van der Waals surface area (Å²) in [6.45, 7) is 0.589. The number of rotatable bonds is 5. The first-order valence-corrected chi connectivity index (χ1v) is 8.57. The van der Waals surface area contributed by atoms with Gasteiger partial charge in [0.2, 0.25) is 0 Å². The van der Waals surface area contributed by atoms with Crippen LogP contribution in [-0.4, -0.2) is 26.8 Å². The van der Waals surface area contributed by atoms with Crippen molar-refractivity contribution in [2.75, 3.05) is 6.54 Å². The quantitative estimate of drug-likeness (QED) is 0.502. The molecule has 7 heteroatoms. The molecule has 134 valence electrons. The van der Waals surface area contributed by atoms with Crippen molar-refractivity contribution in [1.82, 2.24) is 15.2 Å². The molecule has 0 fully saturated rings. The summed E-state index contributed by atoms with van der Waals surface area (Å²) < 4.78 is 5.99. The number of hydrogen-bond acceptors (Lipinski definition) is 6. The number of aromatic amines is 1. The monoisotopic (exact) mass is 359 g/mol. The lowest BCUT2D eigenvalue weighted by Crippen LogP contribution is -1.99. The minimum atomic E-state index is 0.149. The zero-order chi connectivity index (χ0) is 18.8.